The number of nitrogens with zero attached hydrogens (tertiary/aromatic N) is 2. The van der Waals surface area contributed by atoms with Crippen molar-refractivity contribution in [3.63, 3.8) is 0 Å². The fourth-order valence-corrected chi connectivity index (χ4v) is 3.98. The largest absolute Gasteiger partial charge is 0.395 e. The third kappa shape index (κ3) is 3.70. The summed E-state index contributed by atoms with van der Waals surface area (Å²) in [5, 5.41) is 15.5. The van der Waals surface area contributed by atoms with E-state index in [2.05, 4.69) is 10.5 Å². The quantitative estimate of drug-likeness (QED) is 0.766. The molecule has 0 bridgehead atoms. The van der Waals surface area contributed by atoms with Crippen LogP contribution in [0.4, 0.5) is 10.3 Å². The Morgan fingerprint density at radius 3 is 2.64 bits per heavy atom. The highest BCUT2D eigenvalue weighted by Gasteiger charge is 2.48. The van der Waals surface area contributed by atoms with E-state index in [1.807, 2.05) is 0 Å². The maximum Gasteiger partial charge on any atom is 0.249 e. The topological polar surface area (TPSA) is 113 Å². The highest BCUT2D eigenvalue weighted by molar-refractivity contribution is 7.91. The van der Waals surface area contributed by atoms with E-state index in [9.17, 15) is 22.7 Å². The summed E-state index contributed by atoms with van der Waals surface area (Å²) in [6.07, 6.45) is -1.09. The molecule has 1 aliphatic rings. The van der Waals surface area contributed by atoms with Gasteiger partial charge in [0.05, 0.1) is 12.3 Å². The highest BCUT2D eigenvalue weighted by Crippen LogP contribution is 2.29. The third-order valence-electron chi connectivity index (χ3n) is 4.46. The molecule has 1 atom stereocenters. The monoisotopic (exact) mass is 377 g/mol. The van der Waals surface area contributed by atoms with Crippen molar-refractivity contribution in [2.45, 2.75) is 50.4 Å². The Bertz CT molecular complexity index is 744. The van der Waals surface area contributed by atoms with E-state index < -0.39 is 32.3 Å². The molecular weight excluding hydrogens is 353 g/mol. The first-order valence-corrected chi connectivity index (χ1v) is 9.39. The number of carbonyl (C=O) groups is 1. The number of rotatable bonds is 6. The summed E-state index contributed by atoms with van der Waals surface area (Å²) in [5.41, 5.74) is -0.245. The molecule has 1 saturated heterocycles. The van der Waals surface area contributed by atoms with Gasteiger partial charge in [-0.05, 0) is 20.3 Å². The highest BCUT2D eigenvalue weighted by atomic mass is 32.2. The minimum atomic E-state index is -4.04. The Morgan fingerprint density at radius 1 is 1.48 bits per heavy atom. The summed E-state index contributed by atoms with van der Waals surface area (Å²) in [6, 6.07) is 1.43. The maximum absolute atomic E-state index is 13.3. The minimum absolute atomic E-state index is 0.0189. The molecule has 25 heavy (non-hydrogen) atoms. The first kappa shape index (κ1) is 19.8. The van der Waals surface area contributed by atoms with Crippen molar-refractivity contribution in [2.75, 3.05) is 25.0 Å². The average molecular weight is 377 g/mol. The van der Waals surface area contributed by atoms with Crippen LogP contribution >= 0.6 is 0 Å². The van der Waals surface area contributed by atoms with Gasteiger partial charge in [0.15, 0.2) is 4.75 Å². The van der Waals surface area contributed by atoms with Gasteiger partial charge < -0.3 is 9.63 Å². The van der Waals surface area contributed by atoms with E-state index in [1.54, 1.807) is 13.8 Å². The number of amides is 1. The molecule has 2 N–H and O–H groups in total. The van der Waals surface area contributed by atoms with Crippen LogP contribution in [0.25, 0.3) is 0 Å². The number of halogens is 1. The molecule has 0 radical (unpaired) electrons. The number of nitrogens with one attached hydrogen (secondary N) is 1. The molecule has 0 aliphatic carbocycles. The molecule has 2 rings (SSSR count). The zero-order valence-corrected chi connectivity index (χ0v) is 15.6. The van der Waals surface area contributed by atoms with Gasteiger partial charge in [0.1, 0.15) is 6.17 Å². The molecule has 2 heterocycles. The van der Waals surface area contributed by atoms with E-state index in [-0.39, 0.29) is 32.0 Å². The number of hydrogen-bond acceptors (Lipinski definition) is 6. The smallest absolute Gasteiger partial charge is 0.249 e. The standard InChI is InChI=1S/C15H24FN3O5S/c1-14(2,9-20)11-7-12(24-18-11)17-13(21)15(3,4)25(22,23)19-6-5-10(16)8-19/h7,10,20H,5-6,8-9H2,1-4H3,(H,17,21)/t10-/m1/s1. The molecular formula is C15H24FN3O5S. The van der Waals surface area contributed by atoms with Gasteiger partial charge >= 0.3 is 0 Å². The molecule has 1 aromatic rings. The predicted octanol–water partition coefficient (Wildman–Crippen LogP) is 1.04. The summed E-state index contributed by atoms with van der Waals surface area (Å²) in [6.45, 7) is 5.65. The van der Waals surface area contributed by atoms with E-state index in [0.29, 0.717) is 5.69 Å². The molecule has 0 aromatic carbocycles. The minimum Gasteiger partial charge on any atom is -0.395 e. The van der Waals surface area contributed by atoms with Crippen LogP contribution in [-0.2, 0) is 20.2 Å². The first-order chi connectivity index (χ1) is 11.4. The lowest BCUT2D eigenvalue weighted by Gasteiger charge is -2.28. The number of alkyl halides is 1. The number of hydrogen-bond donors (Lipinski definition) is 2. The first-order valence-electron chi connectivity index (χ1n) is 7.95. The zero-order chi connectivity index (χ0) is 19.0. The number of anilines is 1. The van der Waals surface area contributed by atoms with Gasteiger partial charge in [-0.3, -0.25) is 10.1 Å². The van der Waals surface area contributed by atoms with Crippen LogP contribution in [0, 0.1) is 0 Å². The second kappa shape index (κ2) is 6.65. The van der Waals surface area contributed by atoms with Gasteiger partial charge in [-0.15, -0.1) is 0 Å². The van der Waals surface area contributed by atoms with Crippen LogP contribution in [0.3, 0.4) is 0 Å². The fraction of sp³-hybridized carbons (Fsp3) is 0.733. The number of aliphatic hydroxyl groups is 1. The molecule has 142 valence electrons. The Balaban J connectivity index is 2.16. The lowest BCUT2D eigenvalue weighted by Crippen LogP contribution is -2.51. The molecule has 0 unspecified atom stereocenters. The number of sulfonamides is 1. The maximum atomic E-state index is 13.3. The van der Waals surface area contributed by atoms with Crippen LogP contribution in [0.2, 0.25) is 0 Å². The normalized spacial score (nSPS) is 20.0. The SMILES string of the molecule is CC(C)(CO)c1cc(NC(=O)C(C)(C)S(=O)(=O)N2CC[C@@H](F)C2)on1. The van der Waals surface area contributed by atoms with E-state index in [0.717, 1.165) is 4.31 Å². The van der Waals surface area contributed by atoms with E-state index in [4.69, 9.17) is 4.52 Å². The lowest BCUT2D eigenvalue weighted by atomic mass is 9.91. The second-order valence-corrected chi connectivity index (χ2v) is 9.82. The lowest BCUT2D eigenvalue weighted by molar-refractivity contribution is -0.118. The molecule has 0 saturated carbocycles. The summed E-state index contributed by atoms with van der Waals surface area (Å²) in [5.74, 6) is -0.825. The predicted molar refractivity (Wildman–Crippen MR) is 89.3 cm³/mol. The summed E-state index contributed by atoms with van der Waals surface area (Å²) in [4.78, 5) is 12.5. The zero-order valence-electron chi connectivity index (χ0n) is 14.7. The molecule has 1 amide bonds. The van der Waals surface area contributed by atoms with E-state index >= 15 is 0 Å². The Labute approximate surface area is 146 Å². The van der Waals surface area contributed by atoms with Crippen LogP contribution < -0.4 is 5.32 Å². The average Bonchev–Trinajstić information content (AvgIpc) is 3.16. The van der Waals surface area contributed by atoms with Crippen LogP contribution in [0.1, 0.15) is 39.8 Å². The van der Waals surface area contributed by atoms with Crippen molar-refractivity contribution < 1.29 is 27.2 Å². The van der Waals surface area contributed by atoms with E-state index in [1.165, 1.54) is 19.9 Å². The fourth-order valence-electron chi connectivity index (χ4n) is 2.34. The van der Waals surface area contributed by atoms with Gasteiger partial charge in [0, 0.05) is 24.6 Å². The Kier molecular flexibility index (Phi) is 5.27. The number of aliphatic hydroxyl groups excluding tert-OH is 1. The molecule has 8 nitrogen and oxygen atoms in total. The van der Waals surface area contributed by atoms with Crippen LogP contribution in [0.5, 0.6) is 0 Å². The van der Waals surface area contributed by atoms with Crippen molar-refractivity contribution in [3.8, 4) is 0 Å². The van der Waals surface area contributed by atoms with Crippen molar-refractivity contribution in [1.29, 1.82) is 0 Å². The molecule has 1 fully saturated rings. The summed E-state index contributed by atoms with van der Waals surface area (Å²) < 4.78 is 42.9. The Morgan fingerprint density at radius 2 is 2.12 bits per heavy atom. The molecule has 0 spiro atoms. The number of carbonyl (C=O) groups excluding carboxylic acids is 1. The van der Waals surface area contributed by atoms with Gasteiger partial charge in [-0.1, -0.05) is 19.0 Å². The van der Waals surface area contributed by atoms with Crippen molar-refractivity contribution in [3.05, 3.63) is 11.8 Å². The molecule has 1 aromatic heterocycles. The van der Waals surface area contributed by atoms with Gasteiger partial charge in [-0.2, -0.15) is 4.31 Å². The second-order valence-electron chi connectivity index (χ2n) is 7.33. The molecule has 1 aliphatic heterocycles. The van der Waals surface area contributed by atoms with Crippen LogP contribution in [-0.4, -0.2) is 59.5 Å². The number of aromatic nitrogens is 1. The van der Waals surface area contributed by atoms with Crippen molar-refractivity contribution in [1.82, 2.24) is 9.46 Å². The van der Waals surface area contributed by atoms with Gasteiger partial charge in [-0.25, -0.2) is 12.8 Å². The van der Waals surface area contributed by atoms with Gasteiger partial charge in [0.2, 0.25) is 21.8 Å². The van der Waals surface area contributed by atoms with Gasteiger partial charge in [0.25, 0.3) is 0 Å². The third-order valence-corrected chi connectivity index (χ3v) is 6.95. The summed E-state index contributed by atoms with van der Waals surface area (Å²) >= 11 is 0. The Hall–Kier alpha value is -1.52. The van der Waals surface area contributed by atoms with Crippen molar-refractivity contribution in [2.24, 2.45) is 0 Å². The summed E-state index contributed by atoms with van der Waals surface area (Å²) in [7, 11) is -4.04. The molecule has 10 heteroatoms. The van der Waals surface area contributed by atoms with Crippen LogP contribution in [0.15, 0.2) is 10.6 Å². The van der Waals surface area contributed by atoms with Crippen molar-refractivity contribution >= 4 is 21.8 Å².